The molecule has 1 amide bonds. The van der Waals surface area contributed by atoms with Crippen LogP contribution in [0.5, 0.6) is 0 Å². The molecule has 0 saturated heterocycles. The molecule has 0 atom stereocenters. The molecule has 2 aromatic heterocycles. The van der Waals surface area contributed by atoms with E-state index in [9.17, 15) is 9.18 Å². The van der Waals surface area contributed by atoms with E-state index in [4.69, 9.17) is 5.26 Å². The minimum atomic E-state index is -0.354. The monoisotopic (exact) mass is 391 g/mol. The van der Waals surface area contributed by atoms with Crippen LogP contribution in [0.4, 0.5) is 4.39 Å². The molecule has 146 valence electrons. The molecule has 2 heterocycles. The number of hydrogen-bond donors (Lipinski definition) is 2. The summed E-state index contributed by atoms with van der Waals surface area (Å²) >= 11 is 0. The van der Waals surface area contributed by atoms with Gasteiger partial charge in [-0.25, -0.2) is 13.8 Å². The van der Waals surface area contributed by atoms with E-state index in [1.165, 1.54) is 12.1 Å². The average molecular weight is 391 g/mol. The summed E-state index contributed by atoms with van der Waals surface area (Å²) in [5.74, 6) is -0.632. The lowest BCUT2D eigenvalue weighted by molar-refractivity contribution is -0.253. The number of fused-ring (bicyclic) bond motifs is 1. The summed E-state index contributed by atoms with van der Waals surface area (Å²) in [6, 6.07) is 17.2. The van der Waals surface area contributed by atoms with Gasteiger partial charge in [0.1, 0.15) is 18.1 Å². The maximum absolute atomic E-state index is 13.3. The minimum absolute atomic E-state index is 0.0843. The van der Waals surface area contributed by atoms with E-state index >= 15 is 0 Å². The van der Waals surface area contributed by atoms with Crippen LogP contribution in [0.2, 0.25) is 0 Å². The van der Waals surface area contributed by atoms with Gasteiger partial charge < -0.3 is 5.32 Å². The summed E-state index contributed by atoms with van der Waals surface area (Å²) < 4.78 is 15.0. The largest absolute Gasteiger partial charge is 0.355 e. The number of rotatable bonds is 5. The van der Waals surface area contributed by atoms with Crippen molar-refractivity contribution in [3.8, 4) is 22.4 Å². The lowest BCUT2D eigenvalue weighted by atomic mass is 10.0. The van der Waals surface area contributed by atoms with Crippen molar-refractivity contribution < 1.29 is 19.3 Å². The molecule has 0 bridgehead atoms. The van der Waals surface area contributed by atoms with Crippen molar-refractivity contribution in [2.45, 2.75) is 6.61 Å². The molecular weight excluding hydrogens is 373 g/mol. The summed E-state index contributed by atoms with van der Waals surface area (Å²) in [6.45, 7) is 0.0843. The first-order valence-electron chi connectivity index (χ1n) is 8.97. The summed E-state index contributed by atoms with van der Waals surface area (Å²) in [6.07, 6.45) is 1.78. The summed E-state index contributed by atoms with van der Waals surface area (Å²) in [5.41, 5.74) is 4.78. The van der Waals surface area contributed by atoms with E-state index in [1.54, 1.807) is 29.9 Å². The van der Waals surface area contributed by atoms with Crippen molar-refractivity contribution in [3.63, 3.8) is 0 Å². The molecule has 2 N–H and O–H groups in total. The zero-order valence-corrected chi connectivity index (χ0v) is 15.6. The number of carbonyl (C=O) groups excluding carboxylic acids is 1. The molecule has 4 rings (SSSR count). The molecule has 7 heteroatoms. The molecule has 6 nitrogen and oxygen atoms in total. The fourth-order valence-corrected chi connectivity index (χ4v) is 3.30. The van der Waals surface area contributed by atoms with Gasteiger partial charge in [0.05, 0.1) is 11.1 Å². The number of amides is 1. The second kappa shape index (κ2) is 7.83. The van der Waals surface area contributed by atoms with Gasteiger partial charge in [-0.1, -0.05) is 18.2 Å². The van der Waals surface area contributed by atoms with Gasteiger partial charge in [0.15, 0.2) is 0 Å². The maximum atomic E-state index is 13.3. The molecule has 0 fully saturated rings. The van der Waals surface area contributed by atoms with Gasteiger partial charge >= 0.3 is 0 Å². The number of halogens is 1. The molecule has 0 unspecified atom stereocenters. The summed E-state index contributed by atoms with van der Waals surface area (Å²) in [4.78, 5) is 16.9. The Morgan fingerprint density at radius 2 is 1.86 bits per heavy atom. The second-order valence-corrected chi connectivity index (χ2v) is 6.53. The SMILES string of the molecule is CNC(=O)c1c(-c2ccc(F)cc2)nn2ccc(-c3cccc(COO)c3)cc12. The fraction of sp³-hybridized carbons (Fsp3) is 0.0909. The van der Waals surface area contributed by atoms with Crippen molar-refractivity contribution in [1.29, 1.82) is 0 Å². The van der Waals surface area contributed by atoms with E-state index in [0.717, 1.165) is 16.7 Å². The first-order chi connectivity index (χ1) is 14.1. The molecular formula is C22H18FN3O3. The highest BCUT2D eigenvalue weighted by Gasteiger charge is 2.20. The summed E-state index contributed by atoms with van der Waals surface area (Å²) in [7, 11) is 1.56. The lowest BCUT2D eigenvalue weighted by Gasteiger charge is -2.06. The van der Waals surface area contributed by atoms with Crippen LogP contribution >= 0.6 is 0 Å². The number of nitrogens with one attached hydrogen (secondary N) is 1. The molecule has 2 aromatic carbocycles. The van der Waals surface area contributed by atoms with Crippen LogP contribution in [0.25, 0.3) is 27.9 Å². The van der Waals surface area contributed by atoms with Crippen molar-refractivity contribution in [2.75, 3.05) is 7.05 Å². The van der Waals surface area contributed by atoms with Crippen LogP contribution in [0.3, 0.4) is 0 Å². The van der Waals surface area contributed by atoms with Gasteiger partial charge in [0.2, 0.25) is 0 Å². The second-order valence-electron chi connectivity index (χ2n) is 6.53. The highest BCUT2D eigenvalue weighted by atomic mass is 19.1. The van der Waals surface area contributed by atoms with Gasteiger partial charge in [-0.3, -0.25) is 10.1 Å². The van der Waals surface area contributed by atoms with E-state index in [1.807, 2.05) is 36.4 Å². The quantitative estimate of drug-likeness (QED) is 0.396. The van der Waals surface area contributed by atoms with Crippen LogP contribution in [-0.2, 0) is 11.5 Å². The number of benzene rings is 2. The van der Waals surface area contributed by atoms with Gasteiger partial charge in [-0.15, -0.1) is 0 Å². The molecule has 0 aliphatic heterocycles. The molecule has 0 aliphatic carbocycles. The molecule has 0 spiro atoms. The van der Waals surface area contributed by atoms with Gasteiger partial charge in [0, 0.05) is 18.8 Å². The molecule has 0 aliphatic rings. The van der Waals surface area contributed by atoms with Gasteiger partial charge in [-0.2, -0.15) is 5.10 Å². The predicted octanol–water partition coefficient (Wildman–Crippen LogP) is 4.16. The zero-order chi connectivity index (χ0) is 20.4. The molecule has 4 aromatic rings. The zero-order valence-electron chi connectivity index (χ0n) is 15.6. The van der Waals surface area contributed by atoms with E-state index in [0.29, 0.717) is 22.3 Å². The first kappa shape index (κ1) is 18.8. The molecule has 0 radical (unpaired) electrons. The Hall–Kier alpha value is -3.55. The van der Waals surface area contributed by atoms with Crippen molar-refractivity contribution >= 4 is 11.4 Å². The van der Waals surface area contributed by atoms with Gasteiger partial charge in [-0.05, 0) is 59.2 Å². The van der Waals surface area contributed by atoms with E-state index < -0.39 is 0 Å². The average Bonchev–Trinajstić information content (AvgIpc) is 3.13. The fourth-order valence-electron chi connectivity index (χ4n) is 3.30. The Kier molecular flexibility index (Phi) is 5.07. The minimum Gasteiger partial charge on any atom is -0.355 e. The normalized spacial score (nSPS) is 11.0. The Balaban J connectivity index is 1.89. The third-order valence-corrected chi connectivity index (χ3v) is 4.70. The Bertz CT molecular complexity index is 1190. The third-order valence-electron chi connectivity index (χ3n) is 4.70. The lowest BCUT2D eigenvalue weighted by Crippen LogP contribution is -2.18. The smallest absolute Gasteiger partial charge is 0.255 e. The molecule has 29 heavy (non-hydrogen) atoms. The van der Waals surface area contributed by atoms with Crippen LogP contribution in [0.1, 0.15) is 15.9 Å². The number of pyridine rings is 1. The van der Waals surface area contributed by atoms with E-state index in [2.05, 4.69) is 15.3 Å². The van der Waals surface area contributed by atoms with Crippen molar-refractivity contribution in [1.82, 2.24) is 14.9 Å². The van der Waals surface area contributed by atoms with Crippen LogP contribution in [0, 0.1) is 5.82 Å². The highest BCUT2D eigenvalue weighted by Crippen LogP contribution is 2.30. The number of hydrogen-bond acceptors (Lipinski definition) is 4. The standard InChI is InChI=1S/C22H18FN3O3/c1-24-22(27)20-19-12-17(16-4-2-3-14(11-16)13-29-28)9-10-26(19)25-21(20)15-5-7-18(23)8-6-15/h2-12,28H,13H2,1H3,(H,24,27). The van der Waals surface area contributed by atoms with Crippen molar-refractivity contribution in [2.24, 2.45) is 0 Å². The highest BCUT2D eigenvalue weighted by molar-refractivity contribution is 6.06. The Morgan fingerprint density at radius 1 is 1.10 bits per heavy atom. The topological polar surface area (TPSA) is 75.9 Å². The number of nitrogens with zero attached hydrogens (tertiary/aromatic N) is 2. The number of aromatic nitrogens is 2. The van der Waals surface area contributed by atoms with Crippen LogP contribution < -0.4 is 5.32 Å². The third kappa shape index (κ3) is 3.61. The van der Waals surface area contributed by atoms with Gasteiger partial charge in [0.25, 0.3) is 5.91 Å². The Labute approximate surface area is 166 Å². The first-order valence-corrected chi connectivity index (χ1v) is 8.97. The Morgan fingerprint density at radius 3 is 2.59 bits per heavy atom. The van der Waals surface area contributed by atoms with Crippen LogP contribution in [0.15, 0.2) is 66.9 Å². The number of carbonyl (C=O) groups is 1. The molecule has 0 saturated carbocycles. The van der Waals surface area contributed by atoms with Crippen molar-refractivity contribution in [3.05, 3.63) is 83.8 Å². The predicted molar refractivity (Wildman–Crippen MR) is 107 cm³/mol. The van der Waals surface area contributed by atoms with Crippen LogP contribution in [-0.4, -0.2) is 27.8 Å². The maximum Gasteiger partial charge on any atom is 0.255 e. The van der Waals surface area contributed by atoms with E-state index in [-0.39, 0.29) is 18.3 Å². The summed E-state index contributed by atoms with van der Waals surface area (Å²) in [5, 5.41) is 15.9.